The highest BCUT2D eigenvalue weighted by Gasteiger charge is 2.39. The number of hydrogen-bond acceptors (Lipinski definition) is 11. The zero-order chi connectivity index (χ0) is 51.6. The van der Waals surface area contributed by atoms with Gasteiger partial charge in [-0.3, -0.25) is 14.3 Å². The lowest BCUT2D eigenvalue weighted by Crippen LogP contribution is -2.40. The van der Waals surface area contributed by atoms with Gasteiger partial charge in [0.1, 0.15) is 31.4 Å². The number of amides is 2. The Morgan fingerprint density at radius 1 is 0.681 bits per heavy atom. The number of alkyl halides is 6. The van der Waals surface area contributed by atoms with Crippen LogP contribution in [-0.4, -0.2) is 78.8 Å². The molecule has 4 heterocycles. The van der Waals surface area contributed by atoms with Crippen LogP contribution in [0.3, 0.4) is 0 Å². The summed E-state index contributed by atoms with van der Waals surface area (Å²) in [4.78, 5) is 36.3. The largest absolute Gasteiger partial charge is 0.490 e. The first kappa shape index (κ1) is 55.2. The molecule has 382 valence electrons. The van der Waals surface area contributed by atoms with E-state index >= 15 is 0 Å². The maximum Gasteiger partial charge on any atom is 0.417 e. The number of ether oxygens (including phenoxy) is 3. The fraction of sp³-hybridized carbons (Fsp3) is 0.200. The number of para-hydroxylation sites is 4. The Balaban J connectivity index is 0.000000233. The van der Waals surface area contributed by atoms with Gasteiger partial charge in [0.05, 0.1) is 76.8 Å². The first-order chi connectivity index (χ1) is 33.4. The topological polar surface area (TPSA) is 178 Å². The third-order valence-corrected chi connectivity index (χ3v) is 14.4. The van der Waals surface area contributed by atoms with Gasteiger partial charge in [0.25, 0.3) is 31.9 Å². The molecule has 2 amide bonds. The van der Waals surface area contributed by atoms with Crippen LogP contribution in [0, 0.1) is 0 Å². The molecule has 0 saturated carbocycles. The fourth-order valence-electron chi connectivity index (χ4n) is 6.98. The number of benzene rings is 4. The van der Waals surface area contributed by atoms with E-state index in [9.17, 15) is 52.8 Å². The molecule has 2 aromatic heterocycles. The van der Waals surface area contributed by atoms with Crippen LogP contribution in [0.25, 0.3) is 0 Å². The molecule has 72 heavy (non-hydrogen) atoms. The van der Waals surface area contributed by atoms with Gasteiger partial charge in [-0.15, -0.1) is 0 Å². The molecule has 27 heteroatoms. The van der Waals surface area contributed by atoms with E-state index in [4.69, 9.17) is 60.6 Å². The number of fused-ring (bicyclic) bond motifs is 2. The Morgan fingerprint density at radius 3 is 1.65 bits per heavy atom. The van der Waals surface area contributed by atoms with E-state index in [2.05, 4.69) is 14.7 Å². The highest BCUT2D eigenvalue weighted by molar-refractivity contribution is 7.93. The van der Waals surface area contributed by atoms with E-state index in [1.165, 1.54) is 23.0 Å². The minimum absolute atomic E-state index is 0. The van der Waals surface area contributed by atoms with Gasteiger partial charge in [0, 0.05) is 19.5 Å². The third-order valence-electron chi connectivity index (χ3n) is 10.2. The van der Waals surface area contributed by atoms with Crippen molar-refractivity contribution in [1.29, 1.82) is 0 Å². The lowest BCUT2D eigenvalue weighted by molar-refractivity contribution is -0.138. The zero-order valence-electron chi connectivity index (χ0n) is 35.9. The zero-order valence-corrected chi connectivity index (χ0v) is 40.6. The maximum atomic E-state index is 13.6. The Labute approximate surface area is 427 Å². The predicted octanol–water partition coefficient (Wildman–Crippen LogP) is 11.1. The molecule has 0 radical (unpaired) electrons. The summed E-state index contributed by atoms with van der Waals surface area (Å²) in [5.41, 5.74) is -2.95. The molecule has 0 aliphatic carbocycles. The minimum Gasteiger partial charge on any atom is -0.490 e. The number of aromatic nitrogens is 2. The lowest BCUT2D eigenvalue weighted by Gasteiger charge is -2.31. The Kier molecular flexibility index (Phi) is 16.8. The van der Waals surface area contributed by atoms with E-state index in [-0.39, 0.29) is 66.5 Å². The lowest BCUT2D eigenvalue weighted by atomic mass is 10.2. The van der Waals surface area contributed by atoms with Crippen LogP contribution in [0.4, 0.5) is 49.1 Å². The summed E-state index contributed by atoms with van der Waals surface area (Å²) in [6.07, 6.45) is -7.46. The molecule has 0 spiro atoms. The van der Waals surface area contributed by atoms with Crippen molar-refractivity contribution in [3.63, 3.8) is 0 Å². The van der Waals surface area contributed by atoms with Crippen molar-refractivity contribution in [1.82, 2.24) is 9.97 Å². The molecular formula is C45H36Cl4F6N6O9S2. The summed E-state index contributed by atoms with van der Waals surface area (Å²) in [7, 11) is -8.12. The molecular weight excluding hydrogens is 1090 g/mol. The van der Waals surface area contributed by atoms with Crippen LogP contribution in [-0.2, 0) is 37.1 Å². The van der Waals surface area contributed by atoms with E-state index in [1.807, 2.05) is 0 Å². The summed E-state index contributed by atoms with van der Waals surface area (Å²) in [6, 6.07) is 20.1. The Hall–Kier alpha value is -6.08. The third kappa shape index (κ3) is 11.9. The van der Waals surface area contributed by atoms with Crippen molar-refractivity contribution >= 4 is 101 Å². The van der Waals surface area contributed by atoms with Gasteiger partial charge in [0.2, 0.25) is 0 Å². The van der Waals surface area contributed by atoms with Crippen molar-refractivity contribution in [3.05, 3.63) is 152 Å². The number of carbonyl (C=O) groups is 2. The van der Waals surface area contributed by atoms with Gasteiger partial charge in [-0.1, -0.05) is 78.1 Å². The van der Waals surface area contributed by atoms with E-state index in [1.54, 1.807) is 48.5 Å². The second-order valence-corrected chi connectivity index (χ2v) is 20.0. The molecule has 0 fully saturated rings. The summed E-state index contributed by atoms with van der Waals surface area (Å²) >= 11 is 23.3. The maximum absolute atomic E-state index is 13.6. The summed E-state index contributed by atoms with van der Waals surface area (Å²) < 4.78 is 152. The van der Waals surface area contributed by atoms with Crippen molar-refractivity contribution in [2.75, 3.05) is 59.0 Å². The highest BCUT2D eigenvalue weighted by atomic mass is 35.5. The molecule has 8 rings (SSSR count). The number of rotatable bonds is 10. The minimum atomic E-state index is -4.91. The number of hydrogen-bond donors (Lipinski definition) is 1. The summed E-state index contributed by atoms with van der Waals surface area (Å²) in [5.74, 6) is -0.429. The standard InChI is InChI=1S/C23H18Cl2F3N3O5S.C21H14Cl2F3N3O4S.CH4/c1-35-13-31(37(33,34)15-6-7-17(25)16(11-15)23(26,27)28)19-10-14(24)12-29-21(19)22(32)30-8-9-36-20-5-3-2-4-18(20)30;22-12-9-16(28-34(31,32)13-5-6-15(23)14(10-13)21(24,25)26)19(27-11-12)20(30)29-7-8-33-18-4-2-1-3-17(18)29;/h2-7,10-12H,8-9,13H2,1H3;1-6,9-11,28H,7-8H2;1H4. The van der Waals surface area contributed by atoms with Crippen LogP contribution < -0.4 is 28.3 Å². The number of sulfonamides is 2. The van der Waals surface area contributed by atoms with Crippen LogP contribution in [0.15, 0.2) is 119 Å². The monoisotopic (exact) mass is 1120 g/mol. The number of nitrogens with one attached hydrogen (secondary N) is 1. The number of halogens is 10. The van der Waals surface area contributed by atoms with Gasteiger partial charge in [-0.05, 0) is 72.8 Å². The first-order valence-electron chi connectivity index (χ1n) is 20.1. The van der Waals surface area contributed by atoms with E-state index < -0.39 is 81.9 Å². The number of methoxy groups -OCH3 is 1. The quantitative estimate of drug-likeness (QED) is 0.102. The average molecular weight is 1120 g/mol. The van der Waals surface area contributed by atoms with Crippen molar-refractivity contribution in [2.24, 2.45) is 0 Å². The predicted molar refractivity (Wildman–Crippen MR) is 258 cm³/mol. The van der Waals surface area contributed by atoms with Crippen molar-refractivity contribution in [2.45, 2.75) is 29.6 Å². The molecule has 0 unspecified atom stereocenters. The smallest absolute Gasteiger partial charge is 0.417 e. The molecule has 0 atom stereocenters. The van der Waals surface area contributed by atoms with Gasteiger partial charge in [-0.25, -0.2) is 31.1 Å². The SMILES string of the molecule is C.COCN(c1cc(Cl)cnc1C(=O)N1CCOc2ccccc21)S(=O)(=O)c1ccc(Cl)c(C(F)(F)F)c1.O=C(c1ncc(Cl)cc1NS(=O)(=O)c1ccc(Cl)c(C(F)(F)F)c1)N1CCOc2ccccc21. The van der Waals surface area contributed by atoms with Crippen LogP contribution in [0.5, 0.6) is 11.5 Å². The van der Waals surface area contributed by atoms with Crippen LogP contribution in [0.1, 0.15) is 39.5 Å². The number of carbonyl (C=O) groups excluding carboxylic acids is 2. The highest BCUT2D eigenvalue weighted by Crippen LogP contribution is 2.40. The second kappa shape index (κ2) is 22.0. The molecule has 0 bridgehead atoms. The van der Waals surface area contributed by atoms with Gasteiger partial charge >= 0.3 is 12.4 Å². The van der Waals surface area contributed by atoms with E-state index in [0.29, 0.717) is 39.3 Å². The van der Waals surface area contributed by atoms with E-state index in [0.717, 1.165) is 42.7 Å². The number of anilines is 4. The van der Waals surface area contributed by atoms with Gasteiger partial charge in [-0.2, -0.15) is 26.3 Å². The Morgan fingerprint density at radius 2 is 1.14 bits per heavy atom. The summed E-state index contributed by atoms with van der Waals surface area (Å²) in [6.45, 7) is 0.0225. The second-order valence-electron chi connectivity index (χ2n) is 14.8. The van der Waals surface area contributed by atoms with Crippen LogP contribution in [0.2, 0.25) is 20.1 Å². The number of pyridine rings is 2. The molecule has 4 aromatic carbocycles. The molecule has 0 saturated heterocycles. The van der Waals surface area contributed by atoms with Gasteiger partial charge < -0.3 is 24.0 Å². The Bertz CT molecular complexity index is 3270. The molecule has 2 aliphatic heterocycles. The summed E-state index contributed by atoms with van der Waals surface area (Å²) in [5, 5.41) is -1.34. The normalized spacial score (nSPS) is 13.5. The average Bonchev–Trinajstić information content (AvgIpc) is 3.32. The van der Waals surface area contributed by atoms with Crippen LogP contribution >= 0.6 is 46.4 Å². The molecule has 15 nitrogen and oxygen atoms in total. The molecule has 2 aliphatic rings. The van der Waals surface area contributed by atoms with Gasteiger partial charge in [0.15, 0.2) is 11.4 Å². The van der Waals surface area contributed by atoms with Crippen molar-refractivity contribution in [3.8, 4) is 11.5 Å². The first-order valence-corrected chi connectivity index (χ1v) is 24.5. The van der Waals surface area contributed by atoms with Crippen molar-refractivity contribution < 1.29 is 67.0 Å². The molecule has 1 N–H and O–H groups in total. The fourth-order valence-corrected chi connectivity index (χ4v) is 10.2. The number of nitrogens with zero attached hydrogens (tertiary/aromatic N) is 5. The molecule has 6 aromatic rings.